The van der Waals surface area contributed by atoms with Crippen LogP contribution in [-0.2, 0) is 0 Å². The number of hydrogen-bond donors (Lipinski definition) is 0. The average molecular weight is 320 g/mol. The van der Waals surface area contributed by atoms with E-state index in [1.165, 1.54) is 0 Å². The van der Waals surface area contributed by atoms with E-state index < -0.39 is 0 Å². The van der Waals surface area contributed by atoms with Crippen LogP contribution in [0.4, 0.5) is 0 Å². The molecule has 0 aromatic heterocycles. The Balaban J connectivity index is 2.95. The van der Waals surface area contributed by atoms with Crippen LogP contribution in [0.5, 0.6) is 0 Å². The first-order valence-corrected chi connectivity index (χ1v) is 6.91. The number of halogens is 4. The monoisotopic (exact) mass is 318 g/mol. The Kier molecular flexibility index (Phi) is 4.65. The third-order valence-electron chi connectivity index (χ3n) is 2.84. The van der Waals surface area contributed by atoms with Gasteiger partial charge in [0.25, 0.3) is 0 Å². The molecule has 1 aliphatic rings. The number of rotatable bonds is 1. The molecule has 0 aliphatic heterocycles. The van der Waals surface area contributed by atoms with Gasteiger partial charge < -0.3 is 0 Å². The van der Waals surface area contributed by atoms with Crippen molar-refractivity contribution in [2.45, 2.75) is 35.8 Å². The van der Waals surface area contributed by atoms with Crippen LogP contribution >= 0.6 is 50.7 Å². The van der Waals surface area contributed by atoms with Crippen LogP contribution in [0.3, 0.4) is 0 Å². The van der Waals surface area contributed by atoms with E-state index in [4.69, 9.17) is 34.8 Å². The van der Waals surface area contributed by atoms with Crippen molar-refractivity contribution < 1.29 is 0 Å². The van der Waals surface area contributed by atoms with Crippen molar-refractivity contribution in [2.75, 3.05) is 5.88 Å². The molecule has 0 radical (unpaired) electrons. The summed E-state index contributed by atoms with van der Waals surface area (Å²) in [5, 5.41) is -0.0319. The third-order valence-corrected chi connectivity index (χ3v) is 5.79. The topological polar surface area (TPSA) is 0 Å². The van der Waals surface area contributed by atoms with Gasteiger partial charge >= 0.3 is 0 Å². The zero-order chi connectivity index (χ0) is 10.9. The molecule has 0 unspecified atom stereocenters. The first-order chi connectivity index (χ1) is 6.41. The van der Waals surface area contributed by atoms with Crippen LogP contribution in [-0.4, -0.2) is 21.5 Å². The molecule has 1 saturated carbocycles. The van der Waals surface area contributed by atoms with Gasteiger partial charge in [0.1, 0.15) is 0 Å². The highest BCUT2D eigenvalue weighted by Gasteiger charge is 2.44. The smallest absolute Gasteiger partial charge is 0.0621 e. The standard InChI is InChI=1S/C10H14BrCl3/c1-10(2)8(11)5-7(13)6(3-4-12)9(10)14/h3,7-9H,4-5H2,1-2H3/b6-3-/t7-,8-,9-/m1/s1. The van der Waals surface area contributed by atoms with Crippen LogP contribution < -0.4 is 0 Å². The van der Waals surface area contributed by atoms with Gasteiger partial charge in [0.15, 0.2) is 0 Å². The fourth-order valence-electron chi connectivity index (χ4n) is 1.69. The maximum atomic E-state index is 6.40. The summed E-state index contributed by atoms with van der Waals surface area (Å²) in [5.41, 5.74) is 1.09. The summed E-state index contributed by atoms with van der Waals surface area (Å²) in [5.74, 6) is 0.477. The molecular weight excluding hydrogens is 306 g/mol. The first-order valence-electron chi connectivity index (χ1n) is 4.59. The molecule has 4 heteroatoms. The summed E-state index contributed by atoms with van der Waals surface area (Å²) < 4.78 is 0. The molecule has 3 atom stereocenters. The van der Waals surface area contributed by atoms with Gasteiger partial charge in [-0.05, 0) is 17.4 Å². The van der Waals surface area contributed by atoms with Crippen molar-refractivity contribution in [2.24, 2.45) is 5.41 Å². The molecule has 14 heavy (non-hydrogen) atoms. The van der Waals surface area contributed by atoms with Gasteiger partial charge in [-0.1, -0.05) is 35.9 Å². The van der Waals surface area contributed by atoms with Crippen LogP contribution in [0.15, 0.2) is 11.6 Å². The fraction of sp³-hybridized carbons (Fsp3) is 0.800. The van der Waals surface area contributed by atoms with Crippen LogP contribution in [0.25, 0.3) is 0 Å². The largest absolute Gasteiger partial charge is 0.122 e. The summed E-state index contributed by atoms with van der Waals surface area (Å²) in [7, 11) is 0. The lowest BCUT2D eigenvalue weighted by Gasteiger charge is -2.43. The molecule has 0 saturated heterocycles. The summed E-state index contributed by atoms with van der Waals surface area (Å²) in [6, 6.07) is 0. The van der Waals surface area contributed by atoms with Crippen molar-refractivity contribution in [3.63, 3.8) is 0 Å². The van der Waals surface area contributed by atoms with Crippen molar-refractivity contribution >= 4 is 50.7 Å². The molecule has 1 rings (SSSR count). The Morgan fingerprint density at radius 1 is 1.50 bits per heavy atom. The van der Waals surface area contributed by atoms with E-state index in [0.717, 1.165) is 12.0 Å². The van der Waals surface area contributed by atoms with Gasteiger partial charge in [-0.2, -0.15) is 0 Å². The Morgan fingerprint density at radius 2 is 2.07 bits per heavy atom. The normalized spacial score (nSPS) is 40.1. The molecule has 0 N–H and O–H groups in total. The van der Waals surface area contributed by atoms with Crippen molar-refractivity contribution in [1.82, 2.24) is 0 Å². The van der Waals surface area contributed by atoms with Gasteiger partial charge in [-0.3, -0.25) is 0 Å². The maximum absolute atomic E-state index is 6.40. The lowest BCUT2D eigenvalue weighted by Crippen LogP contribution is -2.43. The maximum Gasteiger partial charge on any atom is 0.0621 e. The van der Waals surface area contributed by atoms with Gasteiger partial charge in [0, 0.05) is 10.7 Å². The SMILES string of the molecule is CC1(C)[C@H](Br)C[C@@H](Cl)/C(=C/CCl)[C@H]1Cl. The summed E-state index contributed by atoms with van der Waals surface area (Å²) in [4.78, 5) is 0.354. The Labute approximate surface area is 109 Å². The van der Waals surface area contributed by atoms with Crippen molar-refractivity contribution in [3.8, 4) is 0 Å². The highest BCUT2D eigenvalue weighted by Crippen LogP contribution is 2.47. The van der Waals surface area contributed by atoms with E-state index in [2.05, 4.69) is 29.8 Å². The van der Waals surface area contributed by atoms with Gasteiger partial charge in [0.05, 0.1) is 10.8 Å². The molecular formula is C10H14BrCl3. The van der Waals surface area contributed by atoms with Gasteiger partial charge in [0.2, 0.25) is 0 Å². The summed E-state index contributed by atoms with van der Waals surface area (Å²) in [6.45, 7) is 4.30. The van der Waals surface area contributed by atoms with Gasteiger partial charge in [-0.25, -0.2) is 0 Å². The minimum atomic E-state index is -0.0399. The van der Waals surface area contributed by atoms with Crippen LogP contribution in [0, 0.1) is 5.41 Å². The van der Waals surface area contributed by atoms with E-state index in [9.17, 15) is 0 Å². The van der Waals surface area contributed by atoms with E-state index in [0.29, 0.717) is 10.7 Å². The minimum Gasteiger partial charge on any atom is -0.122 e. The van der Waals surface area contributed by atoms with Crippen LogP contribution in [0.2, 0.25) is 0 Å². The summed E-state index contributed by atoms with van der Waals surface area (Å²) in [6.07, 6.45) is 2.85. The van der Waals surface area contributed by atoms with E-state index in [-0.39, 0.29) is 16.2 Å². The van der Waals surface area contributed by atoms with E-state index >= 15 is 0 Å². The highest BCUT2D eigenvalue weighted by atomic mass is 79.9. The first kappa shape index (κ1) is 13.2. The molecule has 82 valence electrons. The van der Waals surface area contributed by atoms with Gasteiger partial charge in [-0.15, -0.1) is 34.8 Å². The molecule has 0 bridgehead atoms. The second kappa shape index (κ2) is 4.95. The molecule has 0 heterocycles. The molecule has 1 fully saturated rings. The second-order valence-electron chi connectivity index (χ2n) is 4.21. The quantitative estimate of drug-likeness (QED) is 0.491. The van der Waals surface area contributed by atoms with E-state index in [1.807, 2.05) is 6.08 Å². The second-order valence-corrected chi connectivity index (χ2v) is 6.59. The average Bonchev–Trinajstić information content (AvgIpc) is 2.10. The predicted octanol–water partition coefficient (Wildman–Crippen LogP) is 4.56. The van der Waals surface area contributed by atoms with E-state index in [1.54, 1.807) is 0 Å². The molecule has 0 amide bonds. The molecule has 1 aliphatic carbocycles. The Hall–Kier alpha value is 1.09. The molecule has 0 spiro atoms. The van der Waals surface area contributed by atoms with Crippen molar-refractivity contribution in [1.29, 1.82) is 0 Å². The third kappa shape index (κ3) is 2.42. The number of hydrogen-bond acceptors (Lipinski definition) is 0. The van der Waals surface area contributed by atoms with Crippen LogP contribution in [0.1, 0.15) is 20.3 Å². The fourth-order valence-corrected chi connectivity index (χ4v) is 3.72. The summed E-state index contributed by atoms with van der Waals surface area (Å²) >= 11 is 22.0. The zero-order valence-corrected chi connectivity index (χ0v) is 12.1. The zero-order valence-electron chi connectivity index (χ0n) is 8.24. The number of allylic oxidation sites excluding steroid dienone is 2. The highest BCUT2D eigenvalue weighted by molar-refractivity contribution is 9.09. The Bertz CT molecular complexity index is 238. The Morgan fingerprint density at radius 3 is 2.57 bits per heavy atom. The molecule has 0 aromatic rings. The number of alkyl halides is 4. The molecule has 0 nitrogen and oxygen atoms in total. The predicted molar refractivity (Wildman–Crippen MR) is 69.2 cm³/mol. The molecule has 0 aromatic carbocycles. The lowest BCUT2D eigenvalue weighted by atomic mass is 9.74. The lowest BCUT2D eigenvalue weighted by molar-refractivity contribution is 0.315. The van der Waals surface area contributed by atoms with Crippen molar-refractivity contribution in [3.05, 3.63) is 11.6 Å². The minimum absolute atomic E-state index is 0.00801.